The first-order chi connectivity index (χ1) is 10.6. The molecule has 3 rings (SSSR count). The zero-order valence-electron chi connectivity index (χ0n) is 12.0. The number of pyridine rings is 1. The molecule has 6 heteroatoms. The van der Waals surface area contributed by atoms with E-state index in [2.05, 4.69) is 15.0 Å². The van der Waals surface area contributed by atoms with E-state index in [0.717, 1.165) is 11.3 Å². The molecule has 2 aromatic heterocycles. The minimum atomic E-state index is -0.515. The van der Waals surface area contributed by atoms with Crippen molar-refractivity contribution in [2.45, 2.75) is 18.9 Å². The second kappa shape index (κ2) is 5.95. The normalized spacial score (nSPS) is 12.4. The van der Waals surface area contributed by atoms with E-state index in [1.807, 2.05) is 42.5 Å². The Labute approximate surface area is 127 Å². The van der Waals surface area contributed by atoms with Crippen LogP contribution in [0.5, 0.6) is 0 Å². The Morgan fingerprint density at radius 2 is 1.73 bits per heavy atom. The molecule has 6 nitrogen and oxygen atoms in total. The van der Waals surface area contributed by atoms with E-state index in [1.165, 1.54) is 0 Å². The van der Waals surface area contributed by atoms with Crippen LogP contribution in [0.2, 0.25) is 0 Å². The van der Waals surface area contributed by atoms with E-state index in [1.54, 1.807) is 0 Å². The van der Waals surface area contributed by atoms with Crippen molar-refractivity contribution < 1.29 is 5.11 Å². The van der Waals surface area contributed by atoms with Crippen LogP contribution in [0.15, 0.2) is 42.5 Å². The first kappa shape index (κ1) is 14.2. The fraction of sp³-hybridized carbons (Fsp3) is 0.188. The van der Waals surface area contributed by atoms with Crippen LogP contribution >= 0.6 is 0 Å². The molecule has 3 aromatic rings. The highest BCUT2D eigenvalue weighted by molar-refractivity contribution is 5.84. The number of anilines is 2. The van der Waals surface area contributed by atoms with Gasteiger partial charge < -0.3 is 16.6 Å². The van der Waals surface area contributed by atoms with Gasteiger partial charge in [-0.1, -0.05) is 30.3 Å². The molecule has 1 aromatic carbocycles. The molecule has 112 valence electrons. The molecule has 0 fully saturated rings. The van der Waals surface area contributed by atoms with Crippen LogP contribution in [-0.4, -0.2) is 20.1 Å². The molecule has 0 aliphatic rings. The largest absolute Gasteiger partial charge is 0.388 e. The smallest absolute Gasteiger partial charge is 0.222 e. The molecule has 2 heterocycles. The molecule has 0 saturated carbocycles. The van der Waals surface area contributed by atoms with Gasteiger partial charge in [-0.15, -0.1) is 0 Å². The van der Waals surface area contributed by atoms with E-state index >= 15 is 0 Å². The lowest BCUT2D eigenvalue weighted by Gasteiger charge is -2.11. The molecule has 0 aliphatic heterocycles. The molecule has 1 atom stereocenters. The zero-order valence-corrected chi connectivity index (χ0v) is 12.0. The molecule has 22 heavy (non-hydrogen) atoms. The summed E-state index contributed by atoms with van der Waals surface area (Å²) in [7, 11) is 0. The number of aliphatic hydroxyl groups is 1. The van der Waals surface area contributed by atoms with Crippen LogP contribution < -0.4 is 11.5 Å². The standard InChI is InChI=1S/C16H17N5O/c17-15-14-12(20-16(18)21-15)8-6-11(19-14)7-9-13(22)10-4-2-1-3-5-10/h1-6,8,13,22H,7,9H2,(H4,17,18,20,21). The van der Waals surface area contributed by atoms with Gasteiger partial charge in [0.05, 0.1) is 11.6 Å². The Balaban J connectivity index is 1.77. The minimum Gasteiger partial charge on any atom is -0.388 e. The van der Waals surface area contributed by atoms with Crippen LogP contribution in [-0.2, 0) is 6.42 Å². The highest BCUT2D eigenvalue weighted by Gasteiger charge is 2.10. The number of aromatic nitrogens is 3. The Morgan fingerprint density at radius 3 is 2.50 bits per heavy atom. The van der Waals surface area contributed by atoms with Crippen molar-refractivity contribution in [3.63, 3.8) is 0 Å². The zero-order chi connectivity index (χ0) is 15.5. The van der Waals surface area contributed by atoms with Gasteiger partial charge in [-0.25, -0.2) is 9.97 Å². The summed E-state index contributed by atoms with van der Waals surface area (Å²) < 4.78 is 0. The number of rotatable bonds is 4. The molecular weight excluding hydrogens is 278 g/mol. The number of hydrogen-bond acceptors (Lipinski definition) is 6. The average molecular weight is 295 g/mol. The number of aryl methyl sites for hydroxylation is 1. The van der Waals surface area contributed by atoms with Gasteiger partial charge in [-0.05, 0) is 30.5 Å². The average Bonchev–Trinajstić information content (AvgIpc) is 2.53. The Morgan fingerprint density at radius 1 is 0.955 bits per heavy atom. The van der Waals surface area contributed by atoms with Gasteiger partial charge in [0.1, 0.15) is 5.52 Å². The summed E-state index contributed by atoms with van der Waals surface area (Å²) >= 11 is 0. The quantitative estimate of drug-likeness (QED) is 0.677. The third-order valence-electron chi connectivity index (χ3n) is 3.50. The maximum Gasteiger partial charge on any atom is 0.222 e. The van der Waals surface area contributed by atoms with Crippen LogP contribution in [0, 0.1) is 0 Å². The van der Waals surface area contributed by atoms with Gasteiger partial charge in [-0.2, -0.15) is 4.98 Å². The van der Waals surface area contributed by atoms with E-state index in [0.29, 0.717) is 23.9 Å². The van der Waals surface area contributed by atoms with Gasteiger partial charge in [-0.3, -0.25) is 0 Å². The first-order valence-corrected chi connectivity index (χ1v) is 7.05. The molecule has 0 radical (unpaired) electrons. The van der Waals surface area contributed by atoms with E-state index in [-0.39, 0.29) is 11.8 Å². The Bertz CT molecular complexity index is 791. The lowest BCUT2D eigenvalue weighted by atomic mass is 10.0. The summed E-state index contributed by atoms with van der Waals surface area (Å²) in [5, 5.41) is 10.2. The van der Waals surface area contributed by atoms with Gasteiger partial charge >= 0.3 is 0 Å². The minimum absolute atomic E-state index is 0.138. The summed E-state index contributed by atoms with van der Waals surface area (Å²) in [5.74, 6) is 0.409. The third-order valence-corrected chi connectivity index (χ3v) is 3.50. The first-order valence-electron chi connectivity index (χ1n) is 7.05. The summed E-state index contributed by atoms with van der Waals surface area (Å²) in [6, 6.07) is 13.3. The topological polar surface area (TPSA) is 111 Å². The maximum absolute atomic E-state index is 10.2. The number of nitrogens with zero attached hydrogens (tertiary/aromatic N) is 3. The molecule has 0 amide bonds. The Kier molecular flexibility index (Phi) is 3.84. The summed E-state index contributed by atoms with van der Waals surface area (Å²) in [6.45, 7) is 0. The van der Waals surface area contributed by atoms with E-state index in [9.17, 15) is 5.11 Å². The SMILES string of the molecule is Nc1nc(N)c2nc(CCC(O)c3ccccc3)ccc2n1. The molecular formula is C16H17N5O. The third kappa shape index (κ3) is 2.96. The lowest BCUT2D eigenvalue weighted by molar-refractivity contribution is 0.167. The van der Waals surface area contributed by atoms with Gasteiger partial charge in [0.15, 0.2) is 5.82 Å². The van der Waals surface area contributed by atoms with Crippen molar-refractivity contribution in [1.82, 2.24) is 15.0 Å². The second-order valence-electron chi connectivity index (χ2n) is 5.10. The predicted molar refractivity (Wildman–Crippen MR) is 85.9 cm³/mol. The Hall–Kier alpha value is -2.73. The van der Waals surface area contributed by atoms with Crippen molar-refractivity contribution >= 4 is 22.8 Å². The number of nitrogen functional groups attached to an aromatic ring is 2. The van der Waals surface area contributed by atoms with E-state index in [4.69, 9.17) is 11.5 Å². The highest BCUT2D eigenvalue weighted by atomic mass is 16.3. The molecule has 0 bridgehead atoms. The molecule has 0 saturated heterocycles. The monoisotopic (exact) mass is 295 g/mol. The van der Waals surface area contributed by atoms with Gasteiger partial charge in [0.2, 0.25) is 5.95 Å². The van der Waals surface area contributed by atoms with Crippen LogP contribution in [0.1, 0.15) is 23.8 Å². The highest BCUT2D eigenvalue weighted by Crippen LogP contribution is 2.21. The maximum atomic E-state index is 10.2. The second-order valence-corrected chi connectivity index (χ2v) is 5.10. The van der Waals surface area contributed by atoms with Crippen molar-refractivity contribution in [1.29, 1.82) is 0 Å². The summed E-state index contributed by atoms with van der Waals surface area (Å²) in [5.41, 5.74) is 14.3. The number of benzene rings is 1. The number of nitrogens with two attached hydrogens (primary N) is 2. The summed E-state index contributed by atoms with van der Waals surface area (Å²) in [6.07, 6.45) is 0.701. The van der Waals surface area contributed by atoms with Crippen molar-refractivity contribution in [3.8, 4) is 0 Å². The van der Waals surface area contributed by atoms with Crippen molar-refractivity contribution in [2.24, 2.45) is 0 Å². The van der Waals surface area contributed by atoms with Crippen LogP contribution in [0.25, 0.3) is 11.0 Å². The number of aliphatic hydroxyl groups excluding tert-OH is 1. The van der Waals surface area contributed by atoms with Crippen LogP contribution in [0.4, 0.5) is 11.8 Å². The fourth-order valence-corrected chi connectivity index (χ4v) is 2.36. The lowest BCUT2D eigenvalue weighted by Crippen LogP contribution is -2.04. The van der Waals surface area contributed by atoms with Gasteiger partial charge in [0, 0.05) is 5.69 Å². The van der Waals surface area contributed by atoms with Crippen molar-refractivity contribution in [2.75, 3.05) is 11.5 Å². The molecule has 0 spiro atoms. The predicted octanol–water partition coefficient (Wildman–Crippen LogP) is 1.86. The van der Waals surface area contributed by atoms with Crippen LogP contribution in [0.3, 0.4) is 0 Å². The number of fused-ring (bicyclic) bond motifs is 1. The molecule has 0 aliphatic carbocycles. The molecule has 1 unspecified atom stereocenters. The fourth-order valence-electron chi connectivity index (χ4n) is 2.36. The summed E-state index contributed by atoms with van der Waals surface area (Å²) in [4.78, 5) is 12.5. The molecule has 5 N–H and O–H groups in total. The number of hydrogen-bond donors (Lipinski definition) is 3. The van der Waals surface area contributed by atoms with Crippen molar-refractivity contribution in [3.05, 3.63) is 53.7 Å². The van der Waals surface area contributed by atoms with Gasteiger partial charge in [0.25, 0.3) is 0 Å². The van der Waals surface area contributed by atoms with E-state index < -0.39 is 6.10 Å².